The minimum atomic E-state index is -0.320. The molecule has 2 aliphatic rings. The van der Waals surface area contributed by atoms with Gasteiger partial charge in [0, 0.05) is 18.7 Å². The van der Waals surface area contributed by atoms with Gasteiger partial charge < -0.3 is 9.64 Å². The van der Waals surface area contributed by atoms with Gasteiger partial charge in [-0.25, -0.2) is 0 Å². The molecule has 0 aromatic heterocycles. The maximum Gasteiger partial charge on any atom is 0.244 e. The second-order valence-corrected chi connectivity index (χ2v) is 6.64. The molecule has 1 N–H and O–H groups in total. The van der Waals surface area contributed by atoms with E-state index in [1.54, 1.807) is 7.11 Å². The summed E-state index contributed by atoms with van der Waals surface area (Å²) in [7, 11) is 1.69. The highest BCUT2D eigenvalue weighted by atomic mass is 35.5. The van der Waals surface area contributed by atoms with Crippen LogP contribution < -0.4 is 5.32 Å². The number of halogens is 1. The SMILES string of the molecule is COCC(C)CN1C(=O)C2(CC2)NC1c1cccc(Cl)c1. The van der Waals surface area contributed by atoms with Gasteiger partial charge in [-0.2, -0.15) is 0 Å². The highest BCUT2D eigenvalue weighted by Crippen LogP contribution is 2.46. The Morgan fingerprint density at radius 1 is 1.52 bits per heavy atom. The number of amides is 1. The van der Waals surface area contributed by atoms with Crippen molar-refractivity contribution < 1.29 is 9.53 Å². The van der Waals surface area contributed by atoms with E-state index in [1.165, 1.54) is 0 Å². The number of benzene rings is 1. The summed E-state index contributed by atoms with van der Waals surface area (Å²) < 4.78 is 5.20. The molecule has 0 bridgehead atoms. The highest BCUT2D eigenvalue weighted by Gasteiger charge is 2.59. The second-order valence-electron chi connectivity index (χ2n) is 6.20. The van der Waals surface area contributed by atoms with Crippen molar-refractivity contribution >= 4 is 17.5 Å². The number of nitrogens with zero attached hydrogens (tertiary/aromatic N) is 1. The molecule has 1 aromatic rings. The zero-order valence-corrected chi connectivity index (χ0v) is 13.2. The summed E-state index contributed by atoms with van der Waals surface area (Å²) in [4.78, 5) is 14.6. The van der Waals surface area contributed by atoms with E-state index >= 15 is 0 Å². The number of hydrogen-bond acceptors (Lipinski definition) is 3. The monoisotopic (exact) mass is 308 g/mol. The molecule has 114 valence electrons. The Balaban J connectivity index is 1.84. The zero-order valence-electron chi connectivity index (χ0n) is 12.4. The molecule has 0 radical (unpaired) electrons. The Kier molecular flexibility index (Phi) is 3.95. The van der Waals surface area contributed by atoms with Gasteiger partial charge in [-0.1, -0.05) is 30.7 Å². The van der Waals surface area contributed by atoms with Gasteiger partial charge in [-0.05, 0) is 36.5 Å². The fourth-order valence-electron chi connectivity index (χ4n) is 3.08. The third kappa shape index (κ3) is 2.80. The van der Waals surface area contributed by atoms with E-state index in [2.05, 4.69) is 12.2 Å². The first-order valence-corrected chi connectivity index (χ1v) is 7.77. The van der Waals surface area contributed by atoms with Crippen LogP contribution in [-0.4, -0.2) is 36.6 Å². The van der Waals surface area contributed by atoms with Crippen LogP contribution in [0.25, 0.3) is 0 Å². The molecule has 2 unspecified atom stereocenters. The van der Waals surface area contributed by atoms with Crippen LogP contribution in [0, 0.1) is 5.92 Å². The maximum atomic E-state index is 12.7. The summed E-state index contributed by atoms with van der Waals surface area (Å²) in [5, 5.41) is 4.21. The van der Waals surface area contributed by atoms with Crippen LogP contribution in [0.5, 0.6) is 0 Å². The fourth-order valence-corrected chi connectivity index (χ4v) is 3.28. The number of carbonyl (C=O) groups excluding carboxylic acids is 1. The molecule has 21 heavy (non-hydrogen) atoms. The topological polar surface area (TPSA) is 41.6 Å². The van der Waals surface area contributed by atoms with E-state index in [9.17, 15) is 4.79 Å². The number of rotatable bonds is 5. The third-order valence-corrected chi connectivity index (χ3v) is 4.50. The minimum absolute atomic E-state index is 0.0852. The molecule has 1 aliphatic carbocycles. The molecular formula is C16H21ClN2O2. The average molecular weight is 309 g/mol. The fraction of sp³-hybridized carbons (Fsp3) is 0.562. The lowest BCUT2D eigenvalue weighted by Crippen LogP contribution is -2.36. The second kappa shape index (κ2) is 5.59. The molecule has 5 heteroatoms. The Morgan fingerprint density at radius 3 is 2.90 bits per heavy atom. The van der Waals surface area contributed by atoms with Crippen molar-refractivity contribution in [1.82, 2.24) is 10.2 Å². The third-order valence-electron chi connectivity index (χ3n) is 4.27. The Labute approximate surface area is 130 Å². The smallest absolute Gasteiger partial charge is 0.244 e. The number of ether oxygens (including phenoxy) is 1. The number of methoxy groups -OCH3 is 1. The van der Waals surface area contributed by atoms with Gasteiger partial charge in [0.05, 0.1) is 6.61 Å². The van der Waals surface area contributed by atoms with Crippen molar-refractivity contribution in [3.05, 3.63) is 34.9 Å². The van der Waals surface area contributed by atoms with E-state index in [0.717, 1.165) is 18.4 Å². The van der Waals surface area contributed by atoms with Crippen LogP contribution in [0.1, 0.15) is 31.5 Å². The summed E-state index contributed by atoms with van der Waals surface area (Å²) in [5.74, 6) is 0.520. The van der Waals surface area contributed by atoms with Crippen LogP contribution in [0.3, 0.4) is 0 Å². The van der Waals surface area contributed by atoms with Crippen molar-refractivity contribution in [2.75, 3.05) is 20.3 Å². The molecule has 1 aliphatic heterocycles. The van der Waals surface area contributed by atoms with Crippen molar-refractivity contribution in [1.29, 1.82) is 0 Å². The Hall–Kier alpha value is -1.10. The summed E-state index contributed by atoms with van der Waals surface area (Å²) >= 11 is 6.10. The van der Waals surface area contributed by atoms with Crippen LogP contribution in [-0.2, 0) is 9.53 Å². The van der Waals surface area contributed by atoms with E-state index < -0.39 is 0 Å². The van der Waals surface area contributed by atoms with Gasteiger partial charge in [-0.3, -0.25) is 10.1 Å². The van der Waals surface area contributed by atoms with Crippen molar-refractivity contribution in [3.8, 4) is 0 Å². The molecule has 1 saturated carbocycles. The van der Waals surface area contributed by atoms with Gasteiger partial charge in [0.2, 0.25) is 5.91 Å². The van der Waals surface area contributed by atoms with Gasteiger partial charge in [0.15, 0.2) is 0 Å². The predicted octanol–water partition coefficient (Wildman–Crippen LogP) is 2.59. The lowest BCUT2D eigenvalue weighted by atomic mass is 10.1. The average Bonchev–Trinajstić information content (AvgIpc) is 3.18. The first-order valence-electron chi connectivity index (χ1n) is 7.39. The predicted molar refractivity (Wildman–Crippen MR) is 82.0 cm³/mol. The van der Waals surface area contributed by atoms with Crippen LogP contribution in [0.2, 0.25) is 5.02 Å². The van der Waals surface area contributed by atoms with E-state index in [4.69, 9.17) is 16.3 Å². The minimum Gasteiger partial charge on any atom is -0.384 e. The molecule has 2 atom stereocenters. The molecular weight excluding hydrogens is 288 g/mol. The lowest BCUT2D eigenvalue weighted by Gasteiger charge is -2.27. The molecule has 2 fully saturated rings. The highest BCUT2D eigenvalue weighted by molar-refractivity contribution is 6.30. The van der Waals surface area contributed by atoms with Crippen LogP contribution >= 0.6 is 11.6 Å². The zero-order chi connectivity index (χ0) is 15.0. The summed E-state index contributed by atoms with van der Waals surface area (Å²) in [5.41, 5.74) is 0.726. The molecule has 1 heterocycles. The maximum absolute atomic E-state index is 12.7. The van der Waals surface area contributed by atoms with E-state index in [-0.39, 0.29) is 17.6 Å². The van der Waals surface area contributed by atoms with E-state index in [1.807, 2.05) is 29.2 Å². The first kappa shape index (κ1) is 14.8. The Bertz CT molecular complexity index is 545. The number of nitrogens with one attached hydrogen (secondary N) is 1. The van der Waals surface area contributed by atoms with Crippen molar-refractivity contribution in [2.45, 2.75) is 31.5 Å². The lowest BCUT2D eigenvalue weighted by molar-refractivity contribution is -0.131. The first-order chi connectivity index (χ1) is 10.1. The van der Waals surface area contributed by atoms with Crippen LogP contribution in [0.15, 0.2) is 24.3 Å². The number of hydrogen-bond donors (Lipinski definition) is 1. The summed E-state index contributed by atoms with van der Waals surface area (Å²) in [6.45, 7) is 3.45. The Morgan fingerprint density at radius 2 is 2.29 bits per heavy atom. The summed E-state index contributed by atoms with van der Waals surface area (Å²) in [6, 6.07) is 7.74. The molecule has 4 nitrogen and oxygen atoms in total. The van der Waals surface area contributed by atoms with Gasteiger partial charge in [-0.15, -0.1) is 0 Å². The molecule has 1 amide bonds. The summed E-state index contributed by atoms with van der Waals surface area (Å²) in [6.07, 6.45) is 1.77. The molecule has 1 aromatic carbocycles. The van der Waals surface area contributed by atoms with Gasteiger partial charge in [0.25, 0.3) is 0 Å². The normalized spacial score (nSPS) is 24.6. The van der Waals surface area contributed by atoms with Crippen molar-refractivity contribution in [3.63, 3.8) is 0 Å². The van der Waals surface area contributed by atoms with Gasteiger partial charge in [0.1, 0.15) is 11.7 Å². The number of carbonyl (C=O) groups is 1. The van der Waals surface area contributed by atoms with E-state index in [0.29, 0.717) is 24.1 Å². The van der Waals surface area contributed by atoms with Crippen LogP contribution in [0.4, 0.5) is 0 Å². The molecule has 1 spiro atoms. The largest absolute Gasteiger partial charge is 0.384 e. The van der Waals surface area contributed by atoms with Gasteiger partial charge >= 0.3 is 0 Å². The molecule has 1 saturated heterocycles. The standard InChI is InChI=1S/C16H21ClN2O2/c1-11(10-21-2)9-19-14(12-4-3-5-13(17)8-12)18-16(6-7-16)15(19)20/h3-5,8,11,14,18H,6-7,9-10H2,1-2H3. The quantitative estimate of drug-likeness (QED) is 0.909. The molecule has 3 rings (SSSR count). The van der Waals surface area contributed by atoms with Crippen molar-refractivity contribution in [2.24, 2.45) is 5.92 Å².